The van der Waals surface area contributed by atoms with E-state index in [1.54, 1.807) is 0 Å². The van der Waals surface area contributed by atoms with E-state index in [1.807, 2.05) is 26.8 Å². The van der Waals surface area contributed by atoms with Crippen molar-refractivity contribution in [2.75, 3.05) is 13.2 Å². The number of hydrogen-bond donors (Lipinski definition) is 6. The fourth-order valence-corrected chi connectivity index (χ4v) is 14.1. The van der Waals surface area contributed by atoms with E-state index in [0.29, 0.717) is 38.5 Å². The summed E-state index contributed by atoms with van der Waals surface area (Å²) in [6.07, 6.45) is -7.96. The Morgan fingerprint density at radius 2 is 1.27 bits per heavy atom. The third kappa shape index (κ3) is 8.41. The lowest BCUT2D eigenvalue weighted by Gasteiger charge is -2.70. The Balaban J connectivity index is 1.17. The highest BCUT2D eigenvalue weighted by Gasteiger charge is 2.71. The van der Waals surface area contributed by atoms with Gasteiger partial charge in [0.05, 0.1) is 24.7 Å². The minimum atomic E-state index is -1.94. The Kier molecular flexibility index (Phi) is 14.5. The van der Waals surface area contributed by atoms with Crippen LogP contribution < -0.4 is 0 Å². The van der Waals surface area contributed by atoms with E-state index in [1.165, 1.54) is 0 Å². The zero-order valence-electron chi connectivity index (χ0n) is 40.5. The molecule has 16 heteroatoms. The molecule has 2 heterocycles. The number of aliphatic hydroxyl groups is 5. The van der Waals surface area contributed by atoms with Crippen LogP contribution in [0.5, 0.6) is 0 Å². The molecule has 6 fully saturated rings. The van der Waals surface area contributed by atoms with Crippen molar-refractivity contribution in [2.45, 2.75) is 213 Å². The van der Waals surface area contributed by atoms with E-state index in [-0.39, 0.29) is 47.6 Å². The second-order valence-electron chi connectivity index (χ2n) is 23.0. The van der Waals surface area contributed by atoms with E-state index in [0.717, 1.165) is 50.5 Å². The lowest BCUT2D eigenvalue weighted by molar-refractivity contribution is -0.371. The molecule has 6 N–H and O–H groups in total. The largest absolute Gasteiger partial charge is 0.481 e. The van der Waals surface area contributed by atoms with E-state index in [4.69, 9.17) is 28.4 Å². The first kappa shape index (κ1) is 51.3. The van der Waals surface area contributed by atoms with E-state index < -0.39 is 107 Å². The van der Waals surface area contributed by atoms with Crippen molar-refractivity contribution in [1.29, 1.82) is 0 Å². The molecule has 0 aromatic carbocycles. The van der Waals surface area contributed by atoms with Gasteiger partial charge in [-0.15, -0.1) is 0 Å². The molecule has 7 rings (SSSR count). The summed E-state index contributed by atoms with van der Waals surface area (Å²) in [6, 6.07) is 0. The minimum Gasteiger partial charge on any atom is -0.481 e. The standard InChI is InChI=1S/C50H78O16/c1-10-12-22-61-40(57)36-32(53)31(52)35(56)42(64-36)66-38-34(55)33(54)37(41(58)62-23-13-11-2)65-43(38)63-30-15-16-48(7)29(45(30,3)4)14-17-50(9)39(48)28(51)24-26-27-25-47(6,44(59)60)19-18-46(27,5)20-21-49(26,50)8/h24,27,29-39,42-43,52-56H,10-23,25H2,1-9H3,(H,59,60)/t27?,29?,30?,31-,32-,33-,34-,35+,36-,37-,38+,39?,42-,43+,46+,47-,48-,49+,50+/m0/s1. The normalized spacial score (nSPS) is 47.5. The molecule has 0 spiro atoms. The topological polar surface area (TPSA) is 245 Å². The zero-order chi connectivity index (χ0) is 48.5. The van der Waals surface area contributed by atoms with Crippen LogP contribution in [0.3, 0.4) is 0 Å². The van der Waals surface area contributed by atoms with Gasteiger partial charge in [0.2, 0.25) is 0 Å². The van der Waals surface area contributed by atoms with Crippen molar-refractivity contribution in [2.24, 2.45) is 50.2 Å². The molecule has 16 nitrogen and oxygen atoms in total. The summed E-state index contributed by atoms with van der Waals surface area (Å²) in [5, 5.41) is 66.1. The van der Waals surface area contributed by atoms with Gasteiger partial charge in [-0.2, -0.15) is 0 Å². The van der Waals surface area contributed by atoms with Gasteiger partial charge < -0.3 is 59.1 Å². The molecule has 0 amide bonds. The molecular formula is C50H78O16. The molecule has 0 bridgehead atoms. The molecule has 0 radical (unpaired) electrons. The number of aliphatic carboxylic acids is 1. The lowest BCUT2D eigenvalue weighted by Crippen LogP contribution is -2.68. The quantitative estimate of drug-likeness (QED) is 0.0828. The molecule has 4 unspecified atom stereocenters. The lowest BCUT2D eigenvalue weighted by atomic mass is 9.33. The predicted octanol–water partition coefficient (Wildman–Crippen LogP) is 4.76. The minimum absolute atomic E-state index is 0.00910. The number of aliphatic hydroxyl groups excluding tert-OH is 5. The van der Waals surface area contributed by atoms with E-state index in [2.05, 4.69) is 41.5 Å². The third-order valence-electron chi connectivity index (χ3n) is 18.7. The van der Waals surface area contributed by atoms with E-state index >= 15 is 4.79 Å². The number of carboxylic acid groups (broad SMARTS) is 1. The highest BCUT2D eigenvalue weighted by atomic mass is 16.8. The second kappa shape index (κ2) is 18.7. The third-order valence-corrected chi connectivity index (χ3v) is 18.7. The van der Waals surface area contributed by atoms with Gasteiger partial charge in [-0.1, -0.05) is 73.8 Å². The number of fused-ring (bicyclic) bond motifs is 7. The highest BCUT2D eigenvalue weighted by molar-refractivity contribution is 5.95. The number of rotatable bonds is 13. The average molecular weight is 935 g/mol. The van der Waals surface area contributed by atoms with Crippen molar-refractivity contribution in [3.8, 4) is 0 Å². The molecular weight excluding hydrogens is 857 g/mol. The van der Waals surface area contributed by atoms with Crippen LogP contribution in [0.4, 0.5) is 0 Å². The van der Waals surface area contributed by atoms with Crippen LogP contribution in [0, 0.1) is 50.2 Å². The second-order valence-corrected chi connectivity index (χ2v) is 23.0. The van der Waals surface area contributed by atoms with Gasteiger partial charge in [0.15, 0.2) is 30.6 Å². The maximum absolute atomic E-state index is 15.0. The first-order valence-corrected chi connectivity index (χ1v) is 24.7. The van der Waals surface area contributed by atoms with Gasteiger partial charge in [0.1, 0.15) is 36.6 Å². The summed E-state index contributed by atoms with van der Waals surface area (Å²) >= 11 is 0. The first-order chi connectivity index (χ1) is 30.8. The maximum atomic E-state index is 15.0. The summed E-state index contributed by atoms with van der Waals surface area (Å²) in [5.74, 6) is -3.01. The van der Waals surface area contributed by atoms with Crippen LogP contribution in [0.25, 0.3) is 0 Å². The number of unbranched alkanes of at least 4 members (excludes halogenated alkanes) is 2. The molecule has 7 aliphatic rings. The Hall–Kier alpha value is -2.54. The molecule has 2 aliphatic heterocycles. The number of carbonyl (C=O) groups excluding carboxylic acids is 3. The number of esters is 2. The summed E-state index contributed by atoms with van der Waals surface area (Å²) < 4.78 is 35.5. The molecule has 0 aromatic heterocycles. The van der Waals surface area contributed by atoms with Crippen molar-refractivity contribution in [1.82, 2.24) is 0 Å². The highest BCUT2D eigenvalue weighted by Crippen LogP contribution is 2.75. The van der Waals surface area contributed by atoms with Crippen LogP contribution in [-0.2, 0) is 47.6 Å². The molecule has 0 aromatic rings. The summed E-state index contributed by atoms with van der Waals surface area (Å²) in [5.41, 5.74) is -1.67. The van der Waals surface area contributed by atoms with E-state index in [9.17, 15) is 45.0 Å². The predicted molar refractivity (Wildman–Crippen MR) is 236 cm³/mol. The number of carboxylic acids is 1. The summed E-state index contributed by atoms with van der Waals surface area (Å²) in [6.45, 7) is 19.0. The average Bonchev–Trinajstić information content (AvgIpc) is 3.25. The molecule has 374 valence electrons. The SMILES string of the molecule is CCCCOC(=O)[C@H]1O[C@@H](O[C@H]2[C@H](OC3CC[C@@]4(C)C(CC[C@]5(C)C4C(=O)C=C4C6C[C@@](C)(C(=O)O)CC[C@]6(C)CC[C@]45C)C3(C)C)O[C@H](C(=O)OCCCC)[C@@H](O)[C@@H]2O)[C@H](O)[C@@H](O)[C@@H]1O. The van der Waals surface area contributed by atoms with Gasteiger partial charge in [-0.05, 0) is 123 Å². The number of carbonyl (C=O) groups is 4. The van der Waals surface area contributed by atoms with Gasteiger partial charge in [-0.25, -0.2) is 9.59 Å². The zero-order valence-corrected chi connectivity index (χ0v) is 40.5. The smallest absolute Gasteiger partial charge is 0.338 e. The van der Waals surface area contributed by atoms with Gasteiger partial charge >= 0.3 is 17.9 Å². The summed E-state index contributed by atoms with van der Waals surface area (Å²) in [7, 11) is 0. The monoisotopic (exact) mass is 935 g/mol. The fraction of sp³-hybridized carbons (Fsp3) is 0.880. The Morgan fingerprint density at radius 1 is 0.697 bits per heavy atom. The van der Waals surface area contributed by atoms with Gasteiger partial charge in [0, 0.05) is 5.92 Å². The van der Waals surface area contributed by atoms with Crippen LogP contribution in [-0.4, -0.2) is 135 Å². The number of hydrogen-bond acceptors (Lipinski definition) is 15. The van der Waals surface area contributed by atoms with Crippen molar-refractivity contribution >= 4 is 23.7 Å². The number of ether oxygens (including phenoxy) is 6. The number of allylic oxidation sites excluding steroid dienone is 2. The van der Waals surface area contributed by atoms with Crippen molar-refractivity contribution < 1.29 is 78.2 Å². The summed E-state index contributed by atoms with van der Waals surface area (Å²) in [4.78, 5) is 54.0. The molecule has 5 aliphatic carbocycles. The van der Waals surface area contributed by atoms with Crippen LogP contribution in [0.15, 0.2) is 11.6 Å². The fourth-order valence-electron chi connectivity index (χ4n) is 14.1. The molecule has 66 heavy (non-hydrogen) atoms. The molecule has 19 atom stereocenters. The van der Waals surface area contributed by atoms with Gasteiger partial charge in [-0.3, -0.25) is 9.59 Å². The van der Waals surface area contributed by atoms with Crippen molar-refractivity contribution in [3.63, 3.8) is 0 Å². The van der Waals surface area contributed by atoms with Crippen LogP contribution >= 0.6 is 0 Å². The number of ketones is 1. The maximum Gasteiger partial charge on any atom is 0.338 e. The molecule has 4 saturated carbocycles. The van der Waals surface area contributed by atoms with Gasteiger partial charge in [0.25, 0.3) is 0 Å². The Labute approximate surface area is 389 Å². The van der Waals surface area contributed by atoms with Crippen molar-refractivity contribution in [3.05, 3.63) is 11.6 Å². The molecule has 2 saturated heterocycles. The Morgan fingerprint density at radius 3 is 1.86 bits per heavy atom. The van der Waals surface area contributed by atoms with Crippen LogP contribution in [0.2, 0.25) is 0 Å². The Bertz CT molecular complexity index is 1870. The van der Waals surface area contributed by atoms with Crippen LogP contribution in [0.1, 0.15) is 146 Å². The first-order valence-electron chi connectivity index (χ1n) is 24.7.